The molecule has 2 aliphatic heterocycles. The Morgan fingerprint density at radius 2 is 1.70 bits per heavy atom. The summed E-state index contributed by atoms with van der Waals surface area (Å²) in [5, 5.41) is 2.97. The van der Waals surface area contributed by atoms with E-state index in [4.69, 9.17) is 9.47 Å². The van der Waals surface area contributed by atoms with Crippen LogP contribution in [0.15, 0.2) is 24.3 Å². The van der Waals surface area contributed by atoms with Crippen molar-refractivity contribution < 1.29 is 19.1 Å². The average Bonchev–Trinajstić information content (AvgIpc) is 2.77. The van der Waals surface area contributed by atoms with Crippen molar-refractivity contribution >= 4 is 11.8 Å². The third-order valence-electron chi connectivity index (χ3n) is 6.58. The zero-order valence-corrected chi connectivity index (χ0v) is 20.9. The van der Waals surface area contributed by atoms with Crippen molar-refractivity contribution in [2.75, 3.05) is 39.3 Å². The van der Waals surface area contributed by atoms with Gasteiger partial charge in [-0.15, -0.1) is 0 Å². The van der Waals surface area contributed by atoms with E-state index in [9.17, 15) is 9.59 Å². The van der Waals surface area contributed by atoms with Crippen molar-refractivity contribution in [1.29, 1.82) is 0 Å². The Kier molecular flexibility index (Phi) is 9.15. The predicted molar refractivity (Wildman–Crippen MR) is 129 cm³/mol. The summed E-state index contributed by atoms with van der Waals surface area (Å²) in [6.07, 6.45) is 2.56. The summed E-state index contributed by atoms with van der Waals surface area (Å²) in [6, 6.07) is 6.51. The molecule has 7 heteroatoms. The van der Waals surface area contributed by atoms with Crippen molar-refractivity contribution in [3.63, 3.8) is 0 Å². The molecule has 0 aromatic heterocycles. The molecule has 184 valence electrons. The highest BCUT2D eigenvalue weighted by Gasteiger charge is 2.32. The first-order valence-electron chi connectivity index (χ1n) is 12.5. The second-order valence-electron chi connectivity index (χ2n) is 9.90. The van der Waals surface area contributed by atoms with E-state index in [2.05, 4.69) is 24.1 Å². The number of carbonyl (C=O) groups excluding carboxylic acids is 2. The van der Waals surface area contributed by atoms with Crippen LogP contribution < -0.4 is 10.1 Å². The monoisotopic (exact) mass is 459 g/mol. The number of hydrogen-bond acceptors (Lipinski definition) is 5. The predicted octanol–water partition coefficient (Wildman–Crippen LogP) is 3.19. The van der Waals surface area contributed by atoms with Gasteiger partial charge in [-0.2, -0.15) is 0 Å². The van der Waals surface area contributed by atoms with Gasteiger partial charge in [-0.1, -0.05) is 13.8 Å². The maximum Gasteiger partial charge on any atom is 0.251 e. The second kappa shape index (κ2) is 11.8. The fourth-order valence-electron chi connectivity index (χ4n) is 4.94. The number of carbonyl (C=O) groups is 2. The summed E-state index contributed by atoms with van der Waals surface area (Å²) in [6.45, 7) is 15.3. The molecule has 0 saturated carbocycles. The lowest BCUT2D eigenvalue weighted by atomic mass is 9.94. The fourth-order valence-corrected chi connectivity index (χ4v) is 4.94. The highest BCUT2D eigenvalue weighted by Crippen LogP contribution is 2.22. The molecule has 1 N–H and O–H groups in total. The lowest BCUT2D eigenvalue weighted by Crippen LogP contribution is -2.54. The minimum absolute atomic E-state index is 0.0122. The number of amides is 2. The molecular formula is C26H41N3O4. The molecule has 3 atom stereocenters. The van der Waals surface area contributed by atoms with E-state index in [1.807, 2.05) is 25.7 Å². The lowest BCUT2D eigenvalue weighted by molar-refractivity contribution is -0.136. The molecule has 0 spiro atoms. The fraction of sp³-hybridized carbons (Fsp3) is 0.692. The number of piperidine rings is 1. The van der Waals surface area contributed by atoms with Crippen LogP contribution >= 0.6 is 0 Å². The molecule has 3 unspecified atom stereocenters. The van der Waals surface area contributed by atoms with Crippen LogP contribution in [0.25, 0.3) is 0 Å². The number of ether oxygens (including phenoxy) is 2. The Labute approximate surface area is 198 Å². The van der Waals surface area contributed by atoms with Gasteiger partial charge in [0.1, 0.15) is 11.8 Å². The van der Waals surface area contributed by atoms with Crippen LogP contribution in [0.4, 0.5) is 0 Å². The number of nitrogens with zero attached hydrogens (tertiary/aromatic N) is 2. The molecule has 2 saturated heterocycles. The summed E-state index contributed by atoms with van der Waals surface area (Å²) < 4.78 is 11.3. The van der Waals surface area contributed by atoms with Crippen LogP contribution in [-0.4, -0.2) is 79.2 Å². The molecule has 7 nitrogen and oxygen atoms in total. The van der Waals surface area contributed by atoms with Crippen LogP contribution in [0.3, 0.4) is 0 Å². The van der Waals surface area contributed by atoms with Gasteiger partial charge < -0.3 is 19.7 Å². The van der Waals surface area contributed by atoms with Crippen LogP contribution in [0.5, 0.6) is 5.75 Å². The molecule has 1 aromatic rings. The van der Waals surface area contributed by atoms with E-state index >= 15 is 0 Å². The van der Waals surface area contributed by atoms with Crippen LogP contribution in [0.1, 0.15) is 57.8 Å². The maximum atomic E-state index is 13.3. The minimum atomic E-state index is -0.526. The van der Waals surface area contributed by atoms with Crippen molar-refractivity contribution in [2.45, 2.75) is 65.7 Å². The molecule has 1 aromatic carbocycles. The van der Waals surface area contributed by atoms with Gasteiger partial charge in [-0.05, 0) is 69.7 Å². The highest BCUT2D eigenvalue weighted by molar-refractivity contribution is 5.97. The summed E-state index contributed by atoms with van der Waals surface area (Å²) in [5.41, 5.74) is 0.532. The minimum Gasteiger partial charge on any atom is -0.494 e. The van der Waals surface area contributed by atoms with Crippen molar-refractivity contribution in [3.8, 4) is 5.75 Å². The molecule has 2 aliphatic rings. The summed E-state index contributed by atoms with van der Waals surface area (Å²) >= 11 is 0. The Morgan fingerprint density at radius 1 is 1.09 bits per heavy atom. The Hall–Kier alpha value is -2.12. The van der Waals surface area contributed by atoms with E-state index in [0.29, 0.717) is 18.1 Å². The molecule has 0 aliphatic carbocycles. The van der Waals surface area contributed by atoms with Crippen LogP contribution in [-0.2, 0) is 9.53 Å². The van der Waals surface area contributed by atoms with Crippen LogP contribution in [0.2, 0.25) is 0 Å². The number of likely N-dealkylation sites (tertiary alicyclic amines) is 1. The molecule has 2 heterocycles. The SMILES string of the molecule is CCOc1ccc(C(=O)NC(C(=O)N2CCC(CN3CC(C)OC(C)C3)CC2)C(C)C)cc1. The smallest absolute Gasteiger partial charge is 0.251 e. The van der Waals surface area contributed by atoms with Gasteiger partial charge in [-0.25, -0.2) is 0 Å². The molecule has 0 bridgehead atoms. The quantitative estimate of drug-likeness (QED) is 0.647. The Bertz CT molecular complexity index is 764. The summed E-state index contributed by atoms with van der Waals surface area (Å²) in [4.78, 5) is 30.5. The van der Waals surface area contributed by atoms with E-state index in [1.54, 1.807) is 24.3 Å². The van der Waals surface area contributed by atoms with Crippen LogP contribution in [0, 0.1) is 11.8 Å². The summed E-state index contributed by atoms with van der Waals surface area (Å²) in [7, 11) is 0. The molecule has 3 rings (SSSR count). The standard InChI is InChI=1S/C26H41N3O4/c1-6-32-23-9-7-22(8-10-23)25(30)27-24(18(2)3)26(31)29-13-11-21(12-14-29)17-28-15-19(4)33-20(5)16-28/h7-10,18-21,24H,6,11-17H2,1-5H3,(H,27,30). The van der Waals surface area contributed by atoms with E-state index in [-0.39, 0.29) is 29.9 Å². The molecule has 2 amide bonds. The number of rotatable bonds is 8. The van der Waals surface area contributed by atoms with Gasteiger partial charge >= 0.3 is 0 Å². The number of morpholine rings is 1. The van der Waals surface area contributed by atoms with Crippen molar-refractivity contribution in [2.24, 2.45) is 11.8 Å². The number of benzene rings is 1. The van der Waals surface area contributed by atoms with Gasteiger partial charge in [-0.3, -0.25) is 14.5 Å². The van der Waals surface area contributed by atoms with Gasteiger partial charge in [0.25, 0.3) is 5.91 Å². The first-order valence-corrected chi connectivity index (χ1v) is 12.5. The molecule has 0 radical (unpaired) electrons. The van der Waals surface area contributed by atoms with Gasteiger partial charge in [0.15, 0.2) is 0 Å². The topological polar surface area (TPSA) is 71.1 Å². The molecular weight excluding hydrogens is 418 g/mol. The summed E-state index contributed by atoms with van der Waals surface area (Å²) in [5.74, 6) is 1.14. The first kappa shape index (κ1) is 25.5. The maximum absolute atomic E-state index is 13.3. The third kappa shape index (κ3) is 7.18. The van der Waals surface area contributed by atoms with E-state index in [1.165, 1.54) is 0 Å². The molecule has 33 heavy (non-hydrogen) atoms. The van der Waals surface area contributed by atoms with E-state index < -0.39 is 6.04 Å². The number of hydrogen-bond donors (Lipinski definition) is 1. The largest absolute Gasteiger partial charge is 0.494 e. The van der Waals surface area contributed by atoms with Crippen molar-refractivity contribution in [1.82, 2.24) is 15.1 Å². The van der Waals surface area contributed by atoms with Gasteiger partial charge in [0.05, 0.1) is 18.8 Å². The normalized spacial score (nSPS) is 23.4. The zero-order valence-electron chi connectivity index (χ0n) is 20.9. The first-order chi connectivity index (χ1) is 15.8. The highest BCUT2D eigenvalue weighted by atomic mass is 16.5. The Morgan fingerprint density at radius 3 is 2.24 bits per heavy atom. The second-order valence-corrected chi connectivity index (χ2v) is 9.90. The van der Waals surface area contributed by atoms with Gasteiger partial charge in [0.2, 0.25) is 5.91 Å². The lowest BCUT2D eigenvalue weighted by Gasteiger charge is -2.40. The van der Waals surface area contributed by atoms with Crippen molar-refractivity contribution in [3.05, 3.63) is 29.8 Å². The Balaban J connectivity index is 1.52. The number of nitrogens with one attached hydrogen (secondary N) is 1. The molecule has 2 fully saturated rings. The third-order valence-corrected chi connectivity index (χ3v) is 6.58. The zero-order chi connectivity index (χ0) is 24.0. The van der Waals surface area contributed by atoms with Gasteiger partial charge in [0, 0.05) is 38.3 Å². The van der Waals surface area contributed by atoms with E-state index in [0.717, 1.165) is 51.3 Å². The average molecular weight is 460 g/mol.